The van der Waals surface area contributed by atoms with E-state index >= 15 is 0 Å². The Morgan fingerprint density at radius 1 is 0.722 bits per heavy atom. The molecule has 2 aromatic carbocycles. The van der Waals surface area contributed by atoms with Crippen LogP contribution in [0.4, 0.5) is 9.59 Å². The van der Waals surface area contributed by atoms with Crippen LogP contribution in [0, 0.1) is 11.8 Å². The van der Waals surface area contributed by atoms with Gasteiger partial charge in [0.1, 0.15) is 10.0 Å². The molecule has 0 bridgehead atoms. The van der Waals surface area contributed by atoms with Crippen LogP contribution in [0.5, 0.6) is 11.5 Å². The van der Waals surface area contributed by atoms with Crippen LogP contribution in [0.25, 0.3) is 10.8 Å². The van der Waals surface area contributed by atoms with Crippen molar-refractivity contribution in [1.82, 2.24) is 0 Å². The molecule has 0 spiro atoms. The Morgan fingerprint density at radius 2 is 1.11 bits per heavy atom. The Hall–Kier alpha value is -2.18. The number of benzene rings is 2. The zero-order valence-electron chi connectivity index (χ0n) is 21.7. The van der Waals surface area contributed by atoms with E-state index in [9.17, 15) is 9.59 Å². The lowest BCUT2D eigenvalue weighted by molar-refractivity contribution is 0.0799. The lowest BCUT2D eigenvalue weighted by Crippen LogP contribution is -2.18. The predicted molar refractivity (Wildman–Crippen MR) is 145 cm³/mol. The molecule has 0 aliphatic carbocycles. The smallest absolute Gasteiger partial charge is 0.434 e. The zero-order chi connectivity index (χ0) is 26.5. The molecule has 200 valence electrons. The largest absolute Gasteiger partial charge is 0.513 e. The van der Waals surface area contributed by atoms with Crippen molar-refractivity contribution in [3.05, 3.63) is 34.3 Å². The summed E-state index contributed by atoms with van der Waals surface area (Å²) >= 11 is 12.9. The van der Waals surface area contributed by atoms with Crippen LogP contribution < -0.4 is 9.47 Å². The molecule has 0 saturated carbocycles. The minimum Gasteiger partial charge on any atom is -0.434 e. The molecule has 0 radical (unpaired) electrons. The van der Waals surface area contributed by atoms with Gasteiger partial charge in [-0.1, -0.05) is 114 Å². The van der Waals surface area contributed by atoms with Gasteiger partial charge in [-0.2, -0.15) is 0 Å². The van der Waals surface area contributed by atoms with Gasteiger partial charge in [0.2, 0.25) is 0 Å². The van der Waals surface area contributed by atoms with Crippen molar-refractivity contribution in [3.8, 4) is 11.5 Å². The molecule has 2 atom stereocenters. The molecule has 0 aliphatic heterocycles. The number of halogens is 2. The Balaban J connectivity index is 2.17. The van der Waals surface area contributed by atoms with Crippen LogP contribution in [0.15, 0.2) is 24.3 Å². The zero-order valence-corrected chi connectivity index (χ0v) is 23.3. The van der Waals surface area contributed by atoms with Crippen LogP contribution in [-0.2, 0) is 9.47 Å². The second kappa shape index (κ2) is 15.8. The van der Waals surface area contributed by atoms with Gasteiger partial charge < -0.3 is 18.9 Å². The maximum atomic E-state index is 12.5. The van der Waals surface area contributed by atoms with Crippen molar-refractivity contribution in [2.45, 2.75) is 79.1 Å². The molecule has 0 amide bonds. The molecule has 6 nitrogen and oxygen atoms in total. The van der Waals surface area contributed by atoms with Gasteiger partial charge in [0.15, 0.2) is 11.5 Å². The number of unbranched alkanes of at least 4 members (excludes halogenated alkanes) is 2. The molecule has 0 heterocycles. The number of hydrogen-bond acceptors (Lipinski definition) is 6. The molecule has 0 fully saturated rings. The second-order valence-electron chi connectivity index (χ2n) is 8.99. The molecular formula is C28H38Cl2O6. The third-order valence-electron chi connectivity index (χ3n) is 6.34. The molecule has 0 N–H and O–H groups in total. The van der Waals surface area contributed by atoms with Crippen molar-refractivity contribution < 1.29 is 28.5 Å². The first-order valence-electron chi connectivity index (χ1n) is 12.9. The second-order valence-corrected chi connectivity index (χ2v) is 9.75. The normalized spacial score (nSPS) is 12.7. The van der Waals surface area contributed by atoms with Crippen molar-refractivity contribution in [1.29, 1.82) is 0 Å². The highest BCUT2D eigenvalue weighted by Gasteiger charge is 2.24. The van der Waals surface area contributed by atoms with Gasteiger partial charge in [0.25, 0.3) is 0 Å². The predicted octanol–water partition coefficient (Wildman–Crippen LogP) is 9.61. The minimum atomic E-state index is -0.862. The topological polar surface area (TPSA) is 71.1 Å². The molecule has 2 aromatic rings. The third-order valence-corrected chi connectivity index (χ3v) is 7.16. The minimum absolute atomic E-state index is 0.0511. The number of carbonyl (C=O) groups excluding carboxylic acids is 2. The average Bonchev–Trinajstić information content (AvgIpc) is 2.89. The molecule has 0 saturated heterocycles. The number of ether oxygens (including phenoxy) is 4. The standard InChI is InChI=1S/C28H38Cl2O6/c1-5-9-13-19(7-3)17-33-27(31)35-25-21-15-11-12-16-22(21)26(24(30)23(25)29)36-28(32)34-18-20(8-4)14-10-6-2/h11-12,15-16,19-20H,5-10,13-14,17-18H2,1-4H3. The van der Waals surface area contributed by atoms with Crippen LogP contribution >= 0.6 is 23.2 Å². The summed E-state index contributed by atoms with van der Waals surface area (Å²) in [6.45, 7) is 8.92. The van der Waals surface area contributed by atoms with Crippen molar-refractivity contribution >= 4 is 46.3 Å². The summed E-state index contributed by atoms with van der Waals surface area (Å²) in [5.74, 6) is 0.638. The summed E-state index contributed by atoms with van der Waals surface area (Å²) in [6, 6.07) is 6.91. The molecule has 0 aromatic heterocycles. The maximum Gasteiger partial charge on any atom is 0.513 e. The Morgan fingerprint density at radius 3 is 1.44 bits per heavy atom. The Kier molecular flexibility index (Phi) is 13.2. The number of carbonyl (C=O) groups is 2. The van der Waals surface area contributed by atoms with Crippen LogP contribution in [0.1, 0.15) is 79.1 Å². The fourth-order valence-corrected chi connectivity index (χ4v) is 4.36. The Labute approximate surface area is 224 Å². The number of rotatable bonds is 14. The third kappa shape index (κ3) is 8.74. The first-order chi connectivity index (χ1) is 17.4. The fraction of sp³-hybridized carbons (Fsp3) is 0.571. The first kappa shape index (κ1) is 30.0. The van der Waals surface area contributed by atoms with Gasteiger partial charge in [-0.25, -0.2) is 9.59 Å². The van der Waals surface area contributed by atoms with Crippen molar-refractivity contribution in [2.24, 2.45) is 11.8 Å². The molecule has 8 heteroatoms. The fourth-order valence-electron chi connectivity index (χ4n) is 3.91. The lowest BCUT2D eigenvalue weighted by Gasteiger charge is -2.18. The van der Waals surface area contributed by atoms with E-state index in [2.05, 4.69) is 27.7 Å². The van der Waals surface area contributed by atoms with Crippen LogP contribution in [0.3, 0.4) is 0 Å². The van der Waals surface area contributed by atoms with Gasteiger partial charge in [-0.3, -0.25) is 0 Å². The van der Waals surface area contributed by atoms with E-state index in [1.165, 1.54) is 0 Å². The molecular weight excluding hydrogens is 503 g/mol. The average molecular weight is 542 g/mol. The van der Waals surface area contributed by atoms with E-state index in [4.69, 9.17) is 42.1 Å². The molecule has 36 heavy (non-hydrogen) atoms. The van der Waals surface area contributed by atoms with E-state index in [1.807, 2.05) is 0 Å². The van der Waals surface area contributed by atoms with E-state index in [-0.39, 0.29) is 46.6 Å². The summed E-state index contributed by atoms with van der Waals surface area (Å²) < 4.78 is 21.7. The Bertz CT molecular complexity index is 915. The molecule has 2 unspecified atom stereocenters. The summed E-state index contributed by atoms with van der Waals surface area (Å²) in [5.41, 5.74) is 0. The van der Waals surface area contributed by atoms with E-state index < -0.39 is 12.3 Å². The summed E-state index contributed by atoms with van der Waals surface area (Å²) in [4.78, 5) is 25.0. The maximum absolute atomic E-state index is 12.5. The van der Waals surface area contributed by atoms with E-state index in [0.29, 0.717) is 10.8 Å². The van der Waals surface area contributed by atoms with Gasteiger partial charge in [0, 0.05) is 10.8 Å². The van der Waals surface area contributed by atoms with Gasteiger partial charge in [-0.15, -0.1) is 0 Å². The lowest BCUT2D eigenvalue weighted by atomic mass is 10.0. The summed E-state index contributed by atoms with van der Waals surface area (Å²) in [5, 5.41) is 0.808. The van der Waals surface area contributed by atoms with E-state index in [1.54, 1.807) is 24.3 Å². The molecule has 0 aliphatic rings. The van der Waals surface area contributed by atoms with E-state index in [0.717, 1.165) is 51.4 Å². The highest BCUT2D eigenvalue weighted by Crippen LogP contribution is 2.47. The van der Waals surface area contributed by atoms with Crippen molar-refractivity contribution in [2.75, 3.05) is 13.2 Å². The highest BCUT2D eigenvalue weighted by molar-refractivity contribution is 6.45. The number of hydrogen-bond donors (Lipinski definition) is 0. The van der Waals surface area contributed by atoms with Crippen molar-refractivity contribution in [3.63, 3.8) is 0 Å². The monoisotopic (exact) mass is 540 g/mol. The van der Waals surface area contributed by atoms with Gasteiger partial charge >= 0.3 is 12.3 Å². The molecule has 2 rings (SSSR count). The van der Waals surface area contributed by atoms with Crippen LogP contribution in [-0.4, -0.2) is 25.5 Å². The SMILES string of the molecule is CCCCC(CC)COC(=O)Oc1c(Cl)c(Cl)c(OC(=O)OCC(CC)CCCC)c2ccccc12. The number of fused-ring (bicyclic) bond motifs is 1. The quantitative estimate of drug-likeness (QED) is 0.175. The first-order valence-corrected chi connectivity index (χ1v) is 13.7. The van der Waals surface area contributed by atoms with Crippen LogP contribution in [0.2, 0.25) is 10.0 Å². The summed E-state index contributed by atoms with van der Waals surface area (Å²) in [7, 11) is 0. The van der Waals surface area contributed by atoms with Gasteiger partial charge in [0.05, 0.1) is 13.2 Å². The summed E-state index contributed by atoms with van der Waals surface area (Å²) in [6.07, 6.45) is 6.37. The highest BCUT2D eigenvalue weighted by atomic mass is 35.5. The van der Waals surface area contributed by atoms with Gasteiger partial charge in [-0.05, 0) is 24.7 Å².